The van der Waals surface area contributed by atoms with E-state index in [1.54, 1.807) is 0 Å². The van der Waals surface area contributed by atoms with Gasteiger partial charge in [0.15, 0.2) is 0 Å². The highest BCUT2D eigenvalue weighted by atomic mass is 16.1. The molecular formula is C11H18O. The summed E-state index contributed by atoms with van der Waals surface area (Å²) >= 11 is 0. The SMILES string of the molecule is C[C@H]1CC[C@@H]2CCCC(=O)C[C@H]21. The van der Waals surface area contributed by atoms with E-state index in [0.717, 1.165) is 37.0 Å². The molecule has 0 N–H and O–H groups in total. The number of carbonyl (C=O) groups excluding carboxylic acids is 1. The molecule has 0 saturated heterocycles. The Bertz CT molecular complexity index is 185. The van der Waals surface area contributed by atoms with Crippen LogP contribution in [0.3, 0.4) is 0 Å². The van der Waals surface area contributed by atoms with E-state index >= 15 is 0 Å². The molecule has 12 heavy (non-hydrogen) atoms. The van der Waals surface area contributed by atoms with Gasteiger partial charge in [0.1, 0.15) is 5.78 Å². The predicted octanol–water partition coefficient (Wildman–Crippen LogP) is 2.79. The minimum absolute atomic E-state index is 0.524. The van der Waals surface area contributed by atoms with Crippen LogP contribution in [0.15, 0.2) is 0 Å². The lowest BCUT2D eigenvalue weighted by Crippen LogP contribution is -2.14. The Morgan fingerprint density at radius 2 is 2.08 bits per heavy atom. The van der Waals surface area contributed by atoms with Crippen LogP contribution >= 0.6 is 0 Å². The van der Waals surface area contributed by atoms with Crippen LogP contribution in [-0.4, -0.2) is 5.78 Å². The van der Waals surface area contributed by atoms with Crippen molar-refractivity contribution in [1.82, 2.24) is 0 Å². The molecule has 0 amide bonds. The number of rotatable bonds is 0. The molecule has 2 rings (SSSR count). The first kappa shape index (κ1) is 8.28. The number of ketones is 1. The summed E-state index contributed by atoms with van der Waals surface area (Å²) in [5.41, 5.74) is 0. The summed E-state index contributed by atoms with van der Waals surface area (Å²) in [7, 11) is 0. The first-order valence-corrected chi connectivity index (χ1v) is 5.29. The lowest BCUT2D eigenvalue weighted by Gasteiger charge is -2.18. The molecule has 2 saturated carbocycles. The van der Waals surface area contributed by atoms with Crippen LogP contribution in [0.4, 0.5) is 0 Å². The molecule has 68 valence electrons. The van der Waals surface area contributed by atoms with Crippen LogP contribution in [0.5, 0.6) is 0 Å². The molecule has 0 spiro atoms. The lowest BCUT2D eigenvalue weighted by atomic mass is 9.86. The van der Waals surface area contributed by atoms with Crippen LogP contribution < -0.4 is 0 Å². The molecule has 0 radical (unpaired) electrons. The Morgan fingerprint density at radius 1 is 1.25 bits per heavy atom. The average Bonchev–Trinajstić information content (AvgIpc) is 2.31. The second-order valence-corrected chi connectivity index (χ2v) is 4.61. The zero-order valence-corrected chi connectivity index (χ0v) is 7.88. The fourth-order valence-corrected chi connectivity index (χ4v) is 3.02. The Kier molecular flexibility index (Phi) is 2.20. The van der Waals surface area contributed by atoms with E-state index in [2.05, 4.69) is 6.92 Å². The fraction of sp³-hybridized carbons (Fsp3) is 0.909. The molecule has 0 aromatic rings. The standard InChI is InChI=1S/C11H18O/c1-8-5-6-9-3-2-4-10(12)7-11(8)9/h8-9,11H,2-7H2,1H3/t8-,9-,11-/m0/s1. The molecule has 1 nitrogen and oxygen atoms in total. The van der Waals surface area contributed by atoms with Gasteiger partial charge in [-0.2, -0.15) is 0 Å². The smallest absolute Gasteiger partial charge is 0.133 e. The van der Waals surface area contributed by atoms with Gasteiger partial charge in [0.2, 0.25) is 0 Å². The topological polar surface area (TPSA) is 17.1 Å². The van der Waals surface area contributed by atoms with Crippen molar-refractivity contribution in [2.24, 2.45) is 17.8 Å². The van der Waals surface area contributed by atoms with Crippen LogP contribution in [0, 0.1) is 17.8 Å². The summed E-state index contributed by atoms with van der Waals surface area (Å²) in [4.78, 5) is 11.4. The minimum Gasteiger partial charge on any atom is -0.300 e. The summed E-state index contributed by atoms with van der Waals surface area (Å²) in [6.07, 6.45) is 6.99. The second-order valence-electron chi connectivity index (χ2n) is 4.61. The Hall–Kier alpha value is -0.330. The molecule has 0 aromatic heterocycles. The van der Waals surface area contributed by atoms with E-state index in [9.17, 15) is 4.79 Å². The molecule has 0 unspecified atom stereocenters. The van der Waals surface area contributed by atoms with Gasteiger partial charge >= 0.3 is 0 Å². The molecule has 0 bridgehead atoms. The Balaban J connectivity index is 2.08. The van der Waals surface area contributed by atoms with Gasteiger partial charge in [-0.25, -0.2) is 0 Å². The summed E-state index contributed by atoms with van der Waals surface area (Å²) in [6, 6.07) is 0. The Morgan fingerprint density at radius 3 is 2.92 bits per heavy atom. The number of hydrogen-bond acceptors (Lipinski definition) is 1. The molecule has 2 aliphatic carbocycles. The maximum absolute atomic E-state index is 11.4. The molecule has 2 fully saturated rings. The van der Waals surface area contributed by atoms with E-state index in [4.69, 9.17) is 0 Å². The van der Waals surface area contributed by atoms with Crippen molar-refractivity contribution in [3.05, 3.63) is 0 Å². The third-order valence-corrected chi connectivity index (χ3v) is 3.82. The molecule has 1 heteroatoms. The van der Waals surface area contributed by atoms with Gasteiger partial charge in [-0.15, -0.1) is 0 Å². The number of Topliss-reactive ketones (excluding diaryl/α,β-unsaturated/α-hetero) is 1. The fourth-order valence-electron chi connectivity index (χ4n) is 3.02. The van der Waals surface area contributed by atoms with E-state index in [1.165, 1.54) is 19.3 Å². The van der Waals surface area contributed by atoms with Crippen molar-refractivity contribution >= 4 is 5.78 Å². The normalized spacial score (nSPS) is 42.4. The Labute approximate surface area is 74.5 Å². The quantitative estimate of drug-likeness (QED) is 0.541. The monoisotopic (exact) mass is 166 g/mol. The van der Waals surface area contributed by atoms with Gasteiger partial charge in [0.25, 0.3) is 0 Å². The molecule has 3 atom stereocenters. The summed E-state index contributed by atoms with van der Waals surface area (Å²) in [5.74, 6) is 2.99. The zero-order valence-electron chi connectivity index (χ0n) is 7.88. The maximum atomic E-state index is 11.4. The predicted molar refractivity (Wildman–Crippen MR) is 48.9 cm³/mol. The zero-order chi connectivity index (χ0) is 8.55. The lowest BCUT2D eigenvalue weighted by molar-refractivity contribution is -0.119. The van der Waals surface area contributed by atoms with Gasteiger partial charge in [0.05, 0.1) is 0 Å². The highest BCUT2D eigenvalue weighted by molar-refractivity contribution is 5.78. The van der Waals surface area contributed by atoms with Gasteiger partial charge in [-0.1, -0.05) is 13.3 Å². The molecule has 0 aromatic carbocycles. The number of fused-ring (bicyclic) bond motifs is 1. The van der Waals surface area contributed by atoms with Gasteiger partial charge < -0.3 is 0 Å². The summed E-state index contributed by atoms with van der Waals surface area (Å²) < 4.78 is 0. The van der Waals surface area contributed by atoms with E-state index < -0.39 is 0 Å². The maximum Gasteiger partial charge on any atom is 0.133 e. The first-order chi connectivity index (χ1) is 5.77. The van der Waals surface area contributed by atoms with Crippen molar-refractivity contribution in [1.29, 1.82) is 0 Å². The van der Waals surface area contributed by atoms with Gasteiger partial charge in [-0.3, -0.25) is 4.79 Å². The molecule has 2 aliphatic rings. The second kappa shape index (κ2) is 3.20. The van der Waals surface area contributed by atoms with Gasteiger partial charge in [-0.05, 0) is 37.0 Å². The van der Waals surface area contributed by atoms with E-state index in [1.807, 2.05) is 0 Å². The molecule has 0 heterocycles. The number of carbonyl (C=O) groups is 1. The van der Waals surface area contributed by atoms with Crippen LogP contribution in [0.25, 0.3) is 0 Å². The van der Waals surface area contributed by atoms with Crippen LogP contribution in [-0.2, 0) is 4.79 Å². The third kappa shape index (κ3) is 1.41. The highest BCUT2D eigenvalue weighted by Crippen LogP contribution is 2.43. The van der Waals surface area contributed by atoms with Gasteiger partial charge in [0, 0.05) is 12.8 Å². The molecular weight excluding hydrogens is 148 g/mol. The summed E-state index contributed by atoms with van der Waals surface area (Å²) in [6.45, 7) is 2.32. The highest BCUT2D eigenvalue weighted by Gasteiger charge is 2.35. The summed E-state index contributed by atoms with van der Waals surface area (Å²) in [5, 5.41) is 0. The van der Waals surface area contributed by atoms with Crippen molar-refractivity contribution in [2.45, 2.75) is 45.4 Å². The van der Waals surface area contributed by atoms with Crippen molar-refractivity contribution in [3.63, 3.8) is 0 Å². The molecule has 0 aliphatic heterocycles. The van der Waals surface area contributed by atoms with Crippen molar-refractivity contribution in [2.75, 3.05) is 0 Å². The largest absolute Gasteiger partial charge is 0.300 e. The average molecular weight is 166 g/mol. The minimum atomic E-state index is 0.524. The first-order valence-electron chi connectivity index (χ1n) is 5.29. The van der Waals surface area contributed by atoms with Crippen LogP contribution in [0.1, 0.15) is 45.4 Å². The van der Waals surface area contributed by atoms with E-state index in [-0.39, 0.29) is 0 Å². The van der Waals surface area contributed by atoms with Crippen molar-refractivity contribution in [3.8, 4) is 0 Å². The number of hydrogen-bond donors (Lipinski definition) is 0. The van der Waals surface area contributed by atoms with E-state index in [0.29, 0.717) is 5.78 Å². The van der Waals surface area contributed by atoms with Crippen molar-refractivity contribution < 1.29 is 4.79 Å². The van der Waals surface area contributed by atoms with Crippen LogP contribution in [0.2, 0.25) is 0 Å². The third-order valence-electron chi connectivity index (χ3n) is 3.82.